The first-order chi connectivity index (χ1) is 13.3. The van der Waals surface area contributed by atoms with Gasteiger partial charge in [-0.3, -0.25) is 0 Å². The van der Waals surface area contributed by atoms with E-state index in [0.717, 1.165) is 5.56 Å². The van der Waals surface area contributed by atoms with Gasteiger partial charge in [0.2, 0.25) is 5.95 Å². The summed E-state index contributed by atoms with van der Waals surface area (Å²) < 4.78 is 41.4. The highest BCUT2D eigenvalue weighted by Crippen LogP contribution is 2.28. The summed E-state index contributed by atoms with van der Waals surface area (Å²) >= 11 is 5.88. The summed E-state index contributed by atoms with van der Waals surface area (Å²) in [5, 5.41) is 6.66. The van der Waals surface area contributed by atoms with Crippen molar-refractivity contribution >= 4 is 23.4 Å². The number of nitrogens with zero attached hydrogens (tertiary/aromatic N) is 2. The first-order valence-corrected chi connectivity index (χ1v) is 8.61. The van der Waals surface area contributed by atoms with E-state index in [9.17, 15) is 13.2 Å². The fourth-order valence-electron chi connectivity index (χ4n) is 2.44. The zero-order chi connectivity index (χ0) is 20.1. The summed E-state index contributed by atoms with van der Waals surface area (Å²) in [6.07, 6.45) is -4.76. The minimum Gasteiger partial charge on any atom is -0.406 e. The SMILES string of the molecule is CNc1nc(NCc2ccc(Cl)cc2)cc(-c2cccc(OC(F)(F)F)c2)n1. The van der Waals surface area contributed by atoms with Gasteiger partial charge in [-0.2, -0.15) is 4.98 Å². The van der Waals surface area contributed by atoms with Crippen molar-refractivity contribution in [1.82, 2.24) is 9.97 Å². The van der Waals surface area contributed by atoms with Crippen LogP contribution in [0, 0.1) is 0 Å². The normalized spacial score (nSPS) is 11.2. The number of benzene rings is 2. The zero-order valence-electron chi connectivity index (χ0n) is 14.7. The molecule has 0 atom stereocenters. The predicted octanol–water partition coefficient (Wildman–Crippen LogP) is 5.35. The molecule has 0 radical (unpaired) electrons. The number of anilines is 2. The summed E-state index contributed by atoms with van der Waals surface area (Å²) in [6, 6.07) is 14.6. The van der Waals surface area contributed by atoms with Gasteiger partial charge in [0.25, 0.3) is 0 Å². The monoisotopic (exact) mass is 408 g/mol. The third-order valence-corrected chi connectivity index (χ3v) is 3.95. The highest BCUT2D eigenvalue weighted by Gasteiger charge is 2.31. The Morgan fingerprint density at radius 2 is 1.79 bits per heavy atom. The fraction of sp³-hybridized carbons (Fsp3) is 0.158. The van der Waals surface area contributed by atoms with E-state index >= 15 is 0 Å². The van der Waals surface area contributed by atoms with E-state index in [1.165, 1.54) is 18.2 Å². The van der Waals surface area contributed by atoms with E-state index in [1.807, 2.05) is 12.1 Å². The maximum absolute atomic E-state index is 12.5. The molecule has 1 aromatic heterocycles. The van der Waals surface area contributed by atoms with E-state index < -0.39 is 6.36 Å². The highest BCUT2D eigenvalue weighted by atomic mass is 35.5. The fourth-order valence-corrected chi connectivity index (χ4v) is 2.57. The van der Waals surface area contributed by atoms with Crippen LogP contribution in [0.1, 0.15) is 5.56 Å². The van der Waals surface area contributed by atoms with Crippen molar-refractivity contribution in [2.24, 2.45) is 0 Å². The molecule has 0 spiro atoms. The number of hydrogen-bond donors (Lipinski definition) is 2. The van der Waals surface area contributed by atoms with Gasteiger partial charge in [0.05, 0.1) is 5.69 Å². The molecule has 0 aliphatic rings. The summed E-state index contributed by atoms with van der Waals surface area (Å²) in [6.45, 7) is 0.494. The van der Waals surface area contributed by atoms with Gasteiger partial charge in [-0.15, -0.1) is 13.2 Å². The van der Waals surface area contributed by atoms with Gasteiger partial charge < -0.3 is 15.4 Å². The van der Waals surface area contributed by atoms with Gasteiger partial charge in [-0.05, 0) is 29.8 Å². The number of halogens is 4. The molecule has 146 valence electrons. The maximum Gasteiger partial charge on any atom is 0.573 e. The van der Waals surface area contributed by atoms with Gasteiger partial charge >= 0.3 is 6.36 Å². The second-order valence-corrected chi connectivity index (χ2v) is 6.20. The highest BCUT2D eigenvalue weighted by molar-refractivity contribution is 6.30. The number of rotatable bonds is 6. The van der Waals surface area contributed by atoms with Crippen LogP contribution in [0.15, 0.2) is 54.6 Å². The molecule has 0 aliphatic heterocycles. The Kier molecular flexibility index (Phi) is 5.89. The van der Waals surface area contributed by atoms with Crippen molar-refractivity contribution < 1.29 is 17.9 Å². The molecule has 3 rings (SSSR count). The molecule has 2 N–H and O–H groups in total. The molecule has 0 fully saturated rings. The number of hydrogen-bond acceptors (Lipinski definition) is 5. The first kappa shape index (κ1) is 19.8. The number of alkyl halides is 3. The lowest BCUT2D eigenvalue weighted by atomic mass is 10.1. The minimum atomic E-state index is -4.76. The predicted molar refractivity (Wildman–Crippen MR) is 102 cm³/mol. The molecule has 0 aliphatic carbocycles. The summed E-state index contributed by atoms with van der Waals surface area (Å²) in [5.74, 6) is 0.537. The van der Waals surface area contributed by atoms with Crippen LogP contribution < -0.4 is 15.4 Å². The average molecular weight is 409 g/mol. The lowest BCUT2D eigenvalue weighted by Gasteiger charge is -2.12. The van der Waals surface area contributed by atoms with Crippen molar-refractivity contribution in [3.05, 3.63) is 65.2 Å². The molecule has 0 bridgehead atoms. The molecule has 3 aromatic rings. The topological polar surface area (TPSA) is 59.1 Å². The lowest BCUT2D eigenvalue weighted by Crippen LogP contribution is -2.17. The van der Waals surface area contributed by atoms with Crippen LogP contribution in [0.3, 0.4) is 0 Å². The third-order valence-electron chi connectivity index (χ3n) is 3.70. The maximum atomic E-state index is 12.5. The van der Waals surface area contributed by atoms with Gasteiger partial charge in [-0.1, -0.05) is 35.9 Å². The average Bonchev–Trinajstić information content (AvgIpc) is 2.66. The number of nitrogens with one attached hydrogen (secondary N) is 2. The van der Waals surface area contributed by atoms with Crippen molar-refractivity contribution in [2.45, 2.75) is 12.9 Å². The summed E-state index contributed by atoms with van der Waals surface area (Å²) in [5.41, 5.74) is 1.91. The summed E-state index contributed by atoms with van der Waals surface area (Å²) in [7, 11) is 1.66. The Bertz CT molecular complexity index is 949. The Hall–Kier alpha value is -3.00. The molecule has 0 unspecified atom stereocenters. The minimum absolute atomic E-state index is 0.315. The van der Waals surface area contributed by atoms with E-state index in [0.29, 0.717) is 34.6 Å². The number of aromatic nitrogens is 2. The molecular weight excluding hydrogens is 393 g/mol. The first-order valence-electron chi connectivity index (χ1n) is 8.24. The Morgan fingerprint density at radius 3 is 2.46 bits per heavy atom. The molecule has 28 heavy (non-hydrogen) atoms. The largest absolute Gasteiger partial charge is 0.573 e. The van der Waals surface area contributed by atoms with Crippen LogP contribution in [0.5, 0.6) is 5.75 Å². The van der Waals surface area contributed by atoms with Crippen LogP contribution in [0.4, 0.5) is 24.9 Å². The van der Waals surface area contributed by atoms with Crippen molar-refractivity contribution in [3.8, 4) is 17.0 Å². The van der Waals surface area contributed by atoms with Crippen LogP contribution in [-0.2, 0) is 6.54 Å². The number of ether oxygens (including phenoxy) is 1. The van der Waals surface area contributed by atoms with Crippen molar-refractivity contribution in [2.75, 3.05) is 17.7 Å². The molecule has 9 heteroatoms. The molecule has 0 amide bonds. The molecule has 0 saturated carbocycles. The van der Waals surface area contributed by atoms with E-state index in [2.05, 4.69) is 25.3 Å². The van der Waals surface area contributed by atoms with Crippen molar-refractivity contribution in [3.63, 3.8) is 0 Å². The summed E-state index contributed by atoms with van der Waals surface area (Å²) in [4.78, 5) is 8.63. The molecular formula is C19H16ClF3N4O. The van der Waals surface area contributed by atoms with Crippen LogP contribution in [0.25, 0.3) is 11.3 Å². The van der Waals surface area contributed by atoms with E-state index in [1.54, 1.807) is 31.3 Å². The molecule has 1 heterocycles. The van der Waals surface area contributed by atoms with Gasteiger partial charge in [0.1, 0.15) is 11.6 Å². The van der Waals surface area contributed by atoms with Crippen LogP contribution in [0.2, 0.25) is 5.02 Å². The Morgan fingerprint density at radius 1 is 1.04 bits per heavy atom. The third kappa shape index (κ3) is 5.50. The second kappa shape index (κ2) is 8.35. The quantitative estimate of drug-likeness (QED) is 0.575. The van der Waals surface area contributed by atoms with Crippen LogP contribution >= 0.6 is 11.6 Å². The Balaban J connectivity index is 1.84. The zero-order valence-corrected chi connectivity index (χ0v) is 15.5. The smallest absolute Gasteiger partial charge is 0.406 e. The molecule has 0 saturated heterocycles. The van der Waals surface area contributed by atoms with E-state index in [4.69, 9.17) is 11.6 Å². The van der Waals surface area contributed by atoms with Crippen molar-refractivity contribution in [1.29, 1.82) is 0 Å². The molecule has 5 nitrogen and oxygen atoms in total. The van der Waals surface area contributed by atoms with E-state index in [-0.39, 0.29) is 5.75 Å². The standard InChI is InChI=1S/C19H16ClF3N4O/c1-24-18-26-16(13-3-2-4-15(9-13)28-19(21,22)23)10-17(27-18)25-11-12-5-7-14(20)8-6-12/h2-10H,11H2,1H3,(H2,24,25,26,27). The molecule has 2 aromatic carbocycles. The van der Waals surface area contributed by atoms with Crippen LogP contribution in [-0.4, -0.2) is 23.4 Å². The van der Waals surface area contributed by atoms with Gasteiger partial charge in [0, 0.05) is 30.2 Å². The second-order valence-electron chi connectivity index (χ2n) is 5.77. The lowest BCUT2D eigenvalue weighted by molar-refractivity contribution is -0.274. The van der Waals surface area contributed by atoms with Gasteiger partial charge in [-0.25, -0.2) is 4.98 Å². The van der Waals surface area contributed by atoms with Gasteiger partial charge in [0.15, 0.2) is 0 Å². The Labute approximate surface area is 164 Å².